The lowest BCUT2D eigenvalue weighted by molar-refractivity contribution is 0.262. The van der Waals surface area contributed by atoms with E-state index in [2.05, 4.69) is 15.6 Å². The van der Waals surface area contributed by atoms with Gasteiger partial charge in [-0.25, -0.2) is 14.2 Å². The van der Waals surface area contributed by atoms with Crippen LogP contribution in [-0.2, 0) is 6.61 Å². The van der Waals surface area contributed by atoms with Crippen LogP contribution < -0.4 is 20.9 Å². The van der Waals surface area contributed by atoms with Gasteiger partial charge in [0.2, 0.25) is 0 Å². The van der Waals surface area contributed by atoms with E-state index in [1.54, 1.807) is 48.7 Å². The number of anilines is 2. The van der Waals surface area contributed by atoms with E-state index in [1.807, 2.05) is 6.07 Å². The van der Waals surface area contributed by atoms with Crippen LogP contribution in [0.3, 0.4) is 0 Å². The Bertz CT molecular complexity index is 1260. The highest BCUT2D eigenvalue weighted by molar-refractivity contribution is 5.99. The summed E-state index contributed by atoms with van der Waals surface area (Å²) in [6, 6.07) is 18.6. The summed E-state index contributed by atoms with van der Waals surface area (Å²) in [5.74, 6) is 0.124. The van der Waals surface area contributed by atoms with Crippen molar-refractivity contribution >= 4 is 23.1 Å². The molecule has 2 aromatic heterocycles. The number of ether oxygens (including phenoxy) is 1. The third kappa shape index (κ3) is 4.61. The van der Waals surface area contributed by atoms with E-state index in [0.717, 1.165) is 0 Å². The first-order valence-electron chi connectivity index (χ1n) is 9.10. The molecule has 0 radical (unpaired) electrons. The third-order valence-corrected chi connectivity index (χ3v) is 4.21. The van der Waals surface area contributed by atoms with E-state index in [4.69, 9.17) is 4.74 Å². The number of carbonyl (C=O) groups is 1. The van der Waals surface area contributed by atoms with Gasteiger partial charge in [-0.1, -0.05) is 12.1 Å². The first kappa shape index (κ1) is 19.1. The third-order valence-electron chi connectivity index (χ3n) is 4.21. The first-order chi connectivity index (χ1) is 14.6. The maximum Gasteiger partial charge on any atom is 0.323 e. The molecular formula is C22H17FN4O3. The standard InChI is InChI=1S/C22H17FN4O3/c23-15-4-3-5-17(12-15)26-22(29)25-16-7-9-19(10-8-16)30-14-18-13-21(28)27-11-2-1-6-20(27)24-18/h1-13H,14H2,(H2,25,26,29). The summed E-state index contributed by atoms with van der Waals surface area (Å²) >= 11 is 0. The van der Waals surface area contributed by atoms with Gasteiger partial charge in [0.15, 0.2) is 0 Å². The van der Waals surface area contributed by atoms with Crippen LogP contribution in [0, 0.1) is 5.82 Å². The maximum atomic E-state index is 13.2. The van der Waals surface area contributed by atoms with Gasteiger partial charge in [-0.15, -0.1) is 0 Å². The Kier molecular flexibility index (Phi) is 5.38. The summed E-state index contributed by atoms with van der Waals surface area (Å²) < 4.78 is 20.3. The van der Waals surface area contributed by atoms with Gasteiger partial charge < -0.3 is 15.4 Å². The monoisotopic (exact) mass is 404 g/mol. The molecule has 2 heterocycles. The molecule has 150 valence electrons. The molecule has 4 aromatic rings. The van der Waals surface area contributed by atoms with Gasteiger partial charge in [-0.2, -0.15) is 0 Å². The zero-order chi connectivity index (χ0) is 20.9. The van der Waals surface area contributed by atoms with Crippen LogP contribution >= 0.6 is 0 Å². The van der Waals surface area contributed by atoms with E-state index < -0.39 is 11.8 Å². The smallest absolute Gasteiger partial charge is 0.323 e. The number of nitrogens with zero attached hydrogens (tertiary/aromatic N) is 2. The molecule has 4 rings (SSSR count). The number of aromatic nitrogens is 2. The Morgan fingerprint density at radius 3 is 2.57 bits per heavy atom. The summed E-state index contributed by atoms with van der Waals surface area (Å²) in [5, 5.41) is 5.21. The number of carbonyl (C=O) groups excluding carboxylic acids is 1. The normalized spacial score (nSPS) is 10.6. The van der Waals surface area contributed by atoms with E-state index in [9.17, 15) is 14.0 Å². The Hall–Kier alpha value is -4.20. The second-order valence-corrected chi connectivity index (χ2v) is 6.42. The zero-order valence-electron chi connectivity index (χ0n) is 15.7. The number of urea groups is 1. The predicted octanol–water partition coefficient (Wildman–Crippen LogP) is 4.06. The van der Waals surface area contributed by atoms with Gasteiger partial charge >= 0.3 is 6.03 Å². The molecule has 0 atom stereocenters. The second kappa shape index (κ2) is 8.44. The molecule has 2 aromatic carbocycles. The Balaban J connectivity index is 1.36. The van der Waals surface area contributed by atoms with Gasteiger partial charge in [-0.05, 0) is 54.6 Å². The van der Waals surface area contributed by atoms with Crippen LogP contribution in [0.4, 0.5) is 20.6 Å². The molecule has 0 saturated carbocycles. The molecule has 0 spiro atoms. The Morgan fingerprint density at radius 1 is 0.967 bits per heavy atom. The summed E-state index contributed by atoms with van der Waals surface area (Å²) in [5.41, 5.74) is 1.78. The van der Waals surface area contributed by atoms with E-state index >= 15 is 0 Å². The minimum Gasteiger partial charge on any atom is -0.487 e. The number of nitrogens with one attached hydrogen (secondary N) is 2. The van der Waals surface area contributed by atoms with Crippen molar-refractivity contribution in [2.75, 3.05) is 10.6 Å². The molecule has 8 heteroatoms. The van der Waals surface area contributed by atoms with Gasteiger partial charge in [0.25, 0.3) is 5.56 Å². The van der Waals surface area contributed by atoms with Crippen molar-refractivity contribution in [3.63, 3.8) is 0 Å². The van der Waals surface area contributed by atoms with Gasteiger partial charge in [0, 0.05) is 23.6 Å². The largest absolute Gasteiger partial charge is 0.487 e. The van der Waals surface area contributed by atoms with Crippen molar-refractivity contribution in [1.82, 2.24) is 9.38 Å². The highest BCUT2D eigenvalue weighted by atomic mass is 19.1. The first-order valence-corrected chi connectivity index (χ1v) is 9.10. The lowest BCUT2D eigenvalue weighted by atomic mass is 10.3. The van der Waals surface area contributed by atoms with Gasteiger partial charge in [0.05, 0.1) is 5.69 Å². The van der Waals surface area contributed by atoms with Crippen molar-refractivity contribution in [3.05, 3.63) is 101 Å². The number of rotatable bonds is 5. The number of amides is 2. The molecule has 0 aliphatic heterocycles. The molecule has 0 saturated heterocycles. The minimum atomic E-state index is -0.491. The topological polar surface area (TPSA) is 84.7 Å². The minimum absolute atomic E-state index is 0.132. The Labute approximate surface area is 170 Å². The molecule has 0 bridgehead atoms. The Morgan fingerprint density at radius 2 is 1.77 bits per heavy atom. The van der Waals surface area contributed by atoms with Gasteiger partial charge in [-0.3, -0.25) is 9.20 Å². The molecule has 7 nitrogen and oxygen atoms in total. The van der Waals surface area contributed by atoms with Gasteiger partial charge in [0.1, 0.15) is 23.8 Å². The molecule has 0 unspecified atom stereocenters. The summed E-state index contributed by atoms with van der Waals surface area (Å²) in [4.78, 5) is 28.5. The number of hydrogen-bond donors (Lipinski definition) is 2. The molecule has 30 heavy (non-hydrogen) atoms. The van der Waals surface area contributed by atoms with E-state index in [1.165, 1.54) is 28.7 Å². The maximum absolute atomic E-state index is 13.2. The number of pyridine rings is 1. The van der Waals surface area contributed by atoms with E-state index in [-0.39, 0.29) is 12.2 Å². The van der Waals surface area contributed by atoms with Crippen LogP contribution in [0.25, 0.3) is 5.65 Å². The van der Waals surface area contributed by atoms with Crippen LogP contribution in [0.1, 0.15) is 5.69 Å². The average molecular weight is 404 g/mol. The molecule has 0 fully saturated rings. The van der Waals surface area contributed by atoms with Crippen molar-refractivity contribution < 1.29 is 13.9 Å². The quantitative estimate of drug-likeness (QED) is 0.525. The fourth-order valence-corrected chi connectivity index (χ4v) is 2.83. The van der Waals surface area contributed by atoms with Crippen LogP contribution in [0.5, 0.6) is 5.75 Å². The lowest BCUT2D eigenvalue weighted by Crippen LogP contribution is -2.19. The fraction of sp³-hybridized carbons (Fsp3) is 0.0455. The van der Waals surface area contributed by atoms with Crippen LogP contribution in [0.2, 0.25) is 0 Å². The molecule has 2 amide bonds. The highest BCUT2D eigenvalue weighted by Gasteiger charge is 2.05. The van der Waals surface area contributed by atoms with Crippen molar-refractivity contribution in [2.45, 2.75) is 6.61 Å². The van der Waals surface area contributed by atoms with Crippen molar-refractivity contribution in [2.24, 2.45) is 0 Å². The average Bonchev–Trinajstić information content (AvgIpc) is 2.73. The highest BCUT2D eigenvalue weighted by Crippen LogP contribution is 2.17. The number of halogens is 1. The summed E-state index contributed by atoms with van der Waals surface area (Å²) in [7, 11) is 0. The lowest BCUT2D eigenvalue weighted by Gasteiger charge is -2.10. The molecule has 2 N–H and O–H groups in total. The fourth-order valence-electron chi connectivity index (χ4n) is 2.83. The second-order valence-electron chi connectivity index (χ2n) is 6.42. The summed E-state index contributed by atoms with van der Waals surface area (Å²) in [6.45, 7) is 0.132. The predicted molar refractivity (Wildman–Crippen MR) is 111 cm³/mol. The van der Waals surface area contributed by atoms with Crippen molar-refractivity contribution in [3.8, 4) is 5.75 Å². The molecule has 0 aliphatic carbocycles. The number of fused-ring (bicyclic) bond motifs is 1. The number of hydrogen-bond acceptors (Lipinski definition) is 4. The summed E-state index contributed by atoms with van der Waals surface area (Å²) in [6.07, 6.45) is 1.66. The van der Waals surface area contributed by atoms with Crippen molar-refractivity contribution in [1.29, 1.82) is 0 Å². The molecular weight excluding hydrogens is 387 g/mol. The molecule has 0 aliphatic rings. The zero-order valence-corrected chi connectivity index (χ0v) is 15.7. The van der Waals surface area contributed by atoms with E-state index in [0.29, 0.717) is 28.5 Å². The SMILES string of the molecule is O=C(Nc1ccc(OCc2cc(=O)n3ccccc3n2)cc1)Nc1cccc(F)c1. The van der Waals surface area contributed by atoms with Crippen LogP contribution in [-0.4, -0.2) is 15.4 Å². The van der Waals surface area contributed by atoms with Crippen LogP contribution in [0.15, 0.2) is 83.8 Å². The number of benzene rings is 2.